The molecule has 0 N–H and O–H groups in total. The molecule has 0 saturated carbocycles. The highest BCUT2D eigenvalue weighted by Crippen LogP contribution is 2.30. The van der Waals surface area contributed by atoms with Crippen LogP contribution in [0.15, 0.2) is 47.4 Å². The van der Waals surface area contributed by atoms with Crippen molar-refractivity contribution in [1.29, 1.82) is 0 Å². The summed E-state index contributed by atoms with van der Waals surface area (Å²) in [5.41, 5.74) is 1.86. The molecule has 164 valence electrons. The molecular weight excluding hydrogens is 400 g/mol. The molecule has 1 aliphatic heterocycles. The maximum atomic E-state index is 13.2. The lowest BCUT2D eigenvalue weighted by atomic mass is 10.2. The van der Waals surface area contributed by atoms with Gasteiger partial charge in [0.2, 0.25) is 10.0 Å². The third kappa shape index (κ3) is 5.08. The molecule has 0 spiro atoms. The molecule has 7 heteroatoms. The minimum Gasteiger partial charge on any atom is -0.493 e. The molecule has 6 nitrogen and oxygen atoms in total. The van der Waals surface area contributed by atoms with Crippen molar-refractivity contribution >= 4 is 15.7 Å². The van der Waals surface area contributed by atoms with Crippen molar-refractivity contribution in [3.05, 3.63) is 48.0 Å². The maximum Gasteiger partial charge on any atom is 0.243 e. The van der Waals surface area contributed by atoms with Crippen LogP contribution in [0, 0.1) is 6.92 Å². The van der Waals surface area contributed by atoms with E-state index in [0.29, 0.717) is 44.3 Å². The molecule has 3 rings (SSSR count). The van der Waals surface area contributed by atoms with Crippen LogP contribution in [0.5, 0.6) is 11.5 Å². The summed E-state index contributed by atoms with van der Waals surface area (Å²) in [6.45, 7) is 9.35. The minimum absolute atomic E-state index is 0.325. The van der Waals surface area contributed by atoms with Gasteiger partial charge in [0.05, 0.1) is 23.8 Å². The lowest BCUT2D eigenvalue weighted by Crippen LogP contribution is -2.48. The first kappa shape index (κ1) is 22.4. The Labute approximate surface area is 180 Å². The van der Waals surface area contributed by atoms with Crippen molar-refractivity contribution in [3.8, 4) is 11.5 Å². The first-order valence-corrected chi connectivity index (χ1v) is 12.1. The van der Waals surface area contributed by atoms with Crippen LogP contribution in [-0.4, -0.2) is 52.1 Å². The minimum atomic E-state index is -3.53. The molecular formula is C23H32N2O4S. The highest BCUT2D eigenvalue weighted by atomic mass is 32.2. The third-order valence-electron chi connectivity index (χ3n) is 5.28. The second-order valence-corrected chi connectivity index (χ2v) is 9.36. The van der Waals surface area contributed by atoms with Crippen LogP contribution < -0.4 is 14.4 Å². The van der Waals surface area contributed by atoms with Crippen LogP contribution >= 0.6 is 0 Å². The monoisotopic (exact) mass is 432 g/mol. The van der Waals surface area contributed by atoms with Crippen molar-refractivity contribution in [3.63, 3.8) is 0 Å². The molecule has 1 saturated heterocycles. The predicted octanol–water partition coefficient (Wildman–Crippen LogP) is 4.08. The van der Waals surface area contributed by atoms with E-state index in [4.69, 9.17) is 9.47 Å². The first-order chi connectivity index (χ1) is 14.5. The number of benzene rings is 2. The van der Waals surface area contributed by atoms with Gasteiger partial charge in [-0.3, -0.25) is 0 Å². The zero-order valence-electron chi connectivity index (χ0n) is 18.1. The number of sulfonamides is 1. The standard InChI is InChI=1S/C23H32N2O4S/c1-4-6-17-29-22-12-11-20(18-19(22)3)30(26,27)25-15-13-24(14-16-25)21-9-7-8-10-23(21)28-5-2/h7-12,18H,4-6,13-17H2,1-3H3. The highest BCUT2D eigenvalue weighted by Gasteiger charge is 2.29. The Morgan fingerprint density at radius 1 is 0.933 bits per heavy atom. The van der Waals surface area contributed by atoms with E-state index in [9.17, 15) is 8.42 Å². The molecule has 30 heavy (non-hydrogen) atoms. The highest BCUT2D eigenvalue weighted by molar-refractivity contribution is 7.89. The Kier molecular flexibility index (Phi) is 7.61. The van der Waals surface area contributed by atoms with Gasteiger partial charge < -0.3 is 14.4 Å². The van der Waals surface area contributed by atoms with Gasteiger partial charge in [0.1, 0.15) is 11.5 Å². The third-order valence-corrected chi connectivity index (χ3v) is 7.18. The van der Waals surface area contributed by atoms with Gasteiger partial charge >= 0.3 is 0 Å². The van der Waals surface area contributed by atoms with E-state index in [2.05, 4.69) is 11.8 Å². The Bertz CT molecular complexity index is 938. The molecule has 0 aromatic heterocycles. The fourth-order valence-electron chi connectivity index (χ4n) is 3.59. The van der Waals surface area contributed by atoms with Crippen LogP contribution in [0.4, 0.5) is 5.69 Å². The van der Waals surface area contributed by atoms with Crippen LogP contribution in [0.3, 0.4) is 0 Å². The molecule has 0 bridgehead atoms. The van der Waals surface area contributed by atoms with Crippen LogP contribution in [0.25, 0.3) is 0 Å². The number of piperazine rings is 1. The van der Waals surface area contributed by atoms with Crippen molar-refractivity contribution in [1.82, 2.24) is 4.31 Å². The van der Waals surface area contributed by atoms with Crippen molar-refractivity contribution in [2.45, 2.75) is 38.5 Å². The van der Waals surface area contributed by atoms with Crippen LogP contribution in [0.2, 0.25) is 0 Å². The molecule has 0 radical (unpaired) electrons. The van der Waals surface area contributed by atoms with Crippen LogP contribution in [0.1, 0.15) is 32.3 Å². The first-order valence-electron chi connectivity index (χ1n) is 10.7. The number of unbranched alkanes of at least 4 members (excludes halogenated alkanes) is 1. The largest absolute Gasteiger partial charge is 0.493 e. The number of hydrogen-bond donors (Lipinski definition) is 0. The van der Waals surface area contributed by atoms with Gasteiger partial charge in [-0.05, 0) is 56.2 Å². The lowest BCUT2D eigenvalue weighted by molar-refractivity contribution is 0.307. The molecule has 0 atom stereocenters. The van der Waals surface area contributed by atoms with Gasteiger partial charge in [-0.2, -0.15) is 4.31 Å². The van der Waals surface area contributed by atoms with E-state index in [0.717, 1.165) is 35.6 Å². The van der Waals surface area contributed by atoms with Gasteiger partial charge in [-0.15, -0.1) is 0 Å². The van der Waals surface area contributed by atoms with E-state index in [1.807, 2.05) is 38.1 Å². The number of rotatable bonds is 9. The van der Waals surface area contributed by atoms with Gasteiger partial charge in [-0.1, -0.05) is 25.5 Å². The topological polar surface area (TPSA) is 59.1 Å². The van der Waals surface area contributed by atoms with E-state index in [-0.39, 0.29) is 0 Å². The molecule has 0 unspecified atom stereocenters. The van der Waals surface area contributed by atoms with Gasteiger partial charge in [0, 0.05) is 26.2 Å². The number of aryl methyl sites for hydroxylation is 1. The van der Waals surface area contributed by atoms with Crippen molar-refractivity contribution in [2.24, 2.45) is 0 Å². The Morgan fingerprint density at radius 3 is 2.33 bits per heavy atom. The number of hydrogen-bond acceptors (Lipinski definition) is 5. The molecule has 1 fully saturated rings. The zero-order valence-corrected chi connectivity index (χ0v) is 19.0. The number of anilines is 1. The van der Waals surface area contributed by atoms with Gasteiger partial charge in [-0.25, -0.2) is 8.42 Å². The lowest BCUT2D eigenvalue weighted by Gasteiger charge is -2.36. The summed E-state index contributed by atoms with van der Waals surface area (Å²) in [5.74, 6) is 1.59. The summed E-state index contributed by atoms with van der Waals surface area (Å²) in [6.07, 6.45) is 2.04. The molecule has 2 aromatic rings. The van der Waals surface area contributed by atoms with E-state index < -0.39 is 10.0 Å². The summed E-state index contributed by atoms with van der Waals surface area (Å²) in [4.78, 5) is 2.51. The maximum absolute atomic E-state index is 13.2. The summed E-state index contributed by atoms with van der Waals surface area (Å²) in [6, 6.07) is 13.0. The SMILES string of the molecule is CCCCOc1ccc(S(=O)(=O)N2CCN(c3ccccc3OCC)CC2)cc1C. The average molecular weight is 433 g/mol. The zero-order chi connectivity index (χ0) is 21.6. The van der Waals surface area contributed by atoms with Gasteiger partial charge in [0.15, 0.2) is 0 Å². The molecule has 0 aliphatic carbocycles. The normalized spacial score (nSPS) is 15.2. The predicted molar refractivity (Wildman–Crippen MR) is 120 cm³/mol. The molecule has 1 aliphatic rings. The summed E-state index contributed by atoms with van der Waals surface area (Å²) < 4.78 is 39.4. The van der Waals surface area contributed by atoms with E-state index in [1.54, 1.807) is 22.5 Å². The summed E-state index contributed by atoms with van der Waals surface area (Å²) in [5, 5.41) is 0. The van der Waals surface area contributed by atoms with E-state index in [1.165, 1.54) is 0 Å². The fourth-order valence-corrected chi connectivity index (χ4v) is 5.09. The average Bonchev–Trinajstić information content (AvgIpc) is 2.76. The fraction of sp³-hybridized carbons (Fsp3) is 0.478. The Balaban J connectivity index is 1.68. The van der Waals surface area contributed by atoms with E-state index >= 15 is 0 Å². The Morgan fingerprint density at radius 2 is 1.67 bits per heavy atom. The summed E-state index contributed by atoms with van der Waals surface area (Å²) in [7, 11) is -3.53. The Hall–Kier alpha value is -2.25. The quantitative estimate of drug-likeness (QED) is 0.559. The second-order valence-electron chi connectivity index (χ2n) is 7.42. The number of para-hydroxylation sites is 2. The molecule has 2 aromatic carbocycles. The van der Waals surface area contributed by atoms with Crippen LogP contribution in [-0.2, 0) is 10.0 Å². The second kappa shape index (κ2) is 10.2. The number of ether oxygens (including phenoxy) is 2. The number of nitrogens with zero attached hydrogens (tertiary/aromatic N) is 2. The molecule has 0 amide bonds. The smallest absolute Gasteiger partial charge is 0.243 e. The molecule has 1 heterocycles. The van der Waals surface area contributed by atoms with Gasteiger partial charge in [0.25, 0.3) is 0 Å². The van der Waals surface area contributed by atoms with Crippen molar-refractivity contribution < 1.29 is 17.9 Å². The van der Waals surface area contributed by atoms with Crippen molar-refractivity contribution in [2.75, 3.05) is 44.3 Å². The summed E-state index contributed by atoms with van der Waals surface area (Å²) >= 11 is 0.